The normalized spacial score (nSPS) is 12.3. The maximum absolute atomic E-state index is 3.90. The zero-order valence-electron chi connectivity index (χ0n) is 7.89. The van der Waals surface area contributed by atoms with Crippen LogP contribution in [0.25, 0.3) is 0 Å². The molecule has 0 saturated carbocycles. The zero-order valence-corrected chi connectivity index (χ0v) is 8.71. The largest absolute Gasteiger partial charge is 0.148 e. The molecule has 1 heteroatoms. The lowest BCUT2D eigenvalue weighted by Gasteiger charge is -2.10. The van der Waals surface area contributed by atoms with Gasteiger partial charge in [-0.3, -0.25) is 0 Å². The van der Waals surface area contributed by atoms with Gasteiger partial charge in [0, 0.05) is 10.8 Å². The Morgan fingerprint density at radius 3 is 2.43 bits per heavy atom. The first-order valence-corrected chi connectivity index (χ1v) is 5.50. The highest BCUT2D eigenvalue weighted by molar-refractivity contribution is 7.10. The predicted octanol–water partition coefficient (Wildman–Crippen LogP) is 4.07. The van der Waals surface area contributed by atoms with Gasteiger partial charge >= 0.3 is 0 Å². The molecule has 1 unspecified atom stereocenters. The van der Waals surface area contributed by atoms with Crippen LogP contribution in [0.2, 0.25) is 0 Å². The molecule has 2 rings (SSSR count). The van der Waals surface area contributed by atoms with Crippen LogP contribution in [0.1, 0.15) is 16.4 Å². The molecule has 0 fully saturated rings. The first-order valence-electron chi connectivity index (χ1n) is 4.62. The smallest absolute Gasteiger partial charge is 0.0361 e. The third kappa shape index (κ3) is 1.78. The van der Waals surface area contributed by atoms with Gasteiger partial charge in [-0.15, -0.1) is 17.9 Å². The topological polar surface area (TPSA) is 0 Å². The molecule has 1 aromatic heterocycles. The fourth-order valence-electron chi connectivity index (χ4n) is 1.55. The van der Waals surface area contributed by atoms with E-state index in [4.69, 9.17) is 0 Å². The Hall–Kier alpha value is -1.34. The second-order valence-electron chi connectivity index (χ2n) is 3.14. The summed E-state index contributed by atoms with van der Waals surface area (Å²) >= 11 is 1.78. The van der Waals surface area contributed by atoms with Crippen LogP contribution < -0.4 is 0 Å². The van der Waals surface area contributed by atoms with Crippen molar-refractivity contribution in [2.45, 2.75) is 5.92 Å². The van der Waals surface area contributed by atoms with E-state index in [1.807, 2.05) is 12.1 Å². The minimum atomic E-state index is 0.344. The van der Waals surface area contributed by atoms with E-state index in [1.165, 1.54) is 10.4 Å². The Bertz CT molecular complexity index is 386. The molecule has 0 aliphatic heterocycles. The van der Waals surface area contributed by atoms with E-state index in [2.05, 4.69) is 48.4 Å². The summed E-state index contributed by atoms with van der Waals surface area (Å²) in [5, 5.41) is 2.11. The Morgan fingerprint density at radius 1 is 1.07 bits per heavy atom. The van der Waals surface area contributed by atoms with Crippen LogP contribution in [-0.2, 0) is 0 Å². The van der Waals surface area contributed by atoms with Crippen molar-refractivity contribution >= 4 is 11.3 Å². The average Bonchev–Trinajstić information content (AvgIpc) is 2.74. The van der Waals surface area contributed by atoms with Crippen LogP contribution in [0.3, 0.4) is 0 Å². The van der Waals surface area contributed by atoms with Crippen molar-refractivity contribution in [1.29, 1.82) is 0 Å². The van der Waals surface area contributed by atoms with Gasteiger partial charge in [-0.1, -0.05) is 42.5 Å². The number of thiophene rings is 1. The van der Waals surface area contributed by atoms with Crippen molar-refractivity contribution in [1.82, 2.24) is 0 Å². The number of benzene rings is 1. The summed E-state index contributed by atoms with van der Waals surface area (Å²) < 4.78 is 0. The first kappa shape index (κ1) is 9.22. The zero-order chi connectivity index (χ0) is 9.80. The van der Waals surface area contributed by atoms with Crippen molar-refractivity contribution in [3.05, 3.63) is 70.9 Å². The highest BCUT2D eigenvalue weighted by Crippen LogP contribution is 2.28. The summed E-state index contributed by atoms with van der Waals surface area (Å²) in [6.07, 6.45) is 2.00. The summed E-state index contributed by atoms with van der Waals surface area (Å²) in [4.78, 5) is 1.35. The number of hydrogen-bond donors (Lipinski definition) is 0. The molecule has 0 bridgehead atoms. The first-order chi connectivity index (χ1) is 6.92. The van der Waals surface area contributed by atoms with E-state index in [1.54, 1.807) is 11.3 Å². The van der Waals surface area contributed by atoms with Gasteiger partial charge in [0.25, 0.3) is 0 Å². The van der Waals surface area contributed by atoms with Gasteiger partial charge in [0.05, 0.1) is 0 Å². The lowest BCUT2D eigenvalue weighted by molar-refractivity contribution is 1.06. The molecule has 1 aromatic carbocycles. The van der Waals surface area contributed by atoms with Crippen LogP contribution >= 0.6 is 11.3 Å². The molecule has 0 N–H and O–H groups in total. The van der Waals surface area contributed by atoms with Crippen molar-refractivity contribution < 1.29 is 0 Å². The summed E-state index contributed by atoms with van der Waals surface area (Å²) in [6.45, 7) is 3.90. The fraction of sp³-hybridized carbons (Fsp3) is 0.0769. The average molecular weight is 200 g/mol. The van der Waals surface area contributed by atoms with Gasteiger partial charge in [-0.25, -0.2) is 0 Å². The van der Waals surface area contributed by atoms with E-state index in [0.29, 0.717) is 5.92 Å². The van der Waals surface area contributed by atoms with Gasteiger partial charge in [0.1, 0.15) is 0 Å². The third-order valence-electron chi connectivity index (χ3n) is 2.24. The summed E-state index contributed by atoms with van der Waals surface area (Å²) in [5.74, 6) is 0.344. The Balaban J connectivity index is 2.36. The molecule has 0 saturated heterocycles. The van der Waals surface area contributed by atoms with Crippen LogP contribution in [-0.4, -0.2) is 0 Å². The highest BCUT2D eigenvalue weighted by Gasteiger charge is 2.09. The van der Waals surface area contributed by atoms with Crippen molar-refractivity contribution in [3.8, 4) is 0 Å². The number of hydrogen-bond acceptors (Lipinski definition) is 1. The van der Waals surface area contributed by atoms with Crippen LogP contribution in [0.4, 0.5) is 0 Å². The Kier molecular flexibility index (Phi) is 2.80. The molecule has 2 aromatic rings. The predicted molar refractivity (Wildman–Crippen MR) is 62.8 cm³/mol. The van der Waals surface area contributed by atoms with Crippen molar-refractivity contribution in [2.24, 2.45) is 0 Å². The molecule has 0 aliphatic rings. The number of rotatable bonds is 3. The second kappa shape index (κ2) is 4.25. The molecular weight excluding hydrogens is 188 g/mol. The lowest BCUT2D eigenvalue weighted by atomic mass is 9.98. The fourth-order valence-corrected chi connectivity index (χ4v) is 2.40. The maximum atomic E-state index is 3.90. The highest BCUT2D eigenvalue weighted by atomic mass is 32.1. The van der Waals surface area contributed by atoms with Gasteiger partial charge in [0.2, 0.25) is 0 Å². The summed E-state index contributed by atoms with van der Waals surface area (Å²) in [6, 6.07) is 14.7. The molecule has 70 valence electrons. The number of allylic oxidation sites excluding steroid dienone is 1. The standard InChI is InChI=1S/C13H12S/c1-2-12(13-9-6-10-14-13)11-7-4-3-5-8-11/h2-10,12H,1H2. The molecule has 1 heterocycles. The van der Waals surface area contributed by atoms with Crippen LogP contribution in [0, 0.1) is 0 Å². The molecule has 0 aliphatic carbocycles. The minimum Gasteiger partial charge on any atom is -0.148 e. The van der Waals surface area contributed by atoms with E-state index in [9.17, 15) is 0 Å². The molecule has 0 nitrogen and oxygen atoms in total. The maximum Gasteiger partial charge on any atom is 0.0361 e. The minimum absolute atomic E-state index is 0.344. The van der Waals surface area contributed by atoms with Crippen LogP contribution in [0.15, 0.2) is 60.5 Å². The molecule has 1 atom stereocenters. The second-order valence-corrected chi connectivity index (χ2v) is 4.12. The summed E-state index contributed by atoms with van der Waals surface area (Å²) in [5.41, 5.74) is 1.31. The van der Waals surface area contributed by atoms with Gasteiger partial charge in [-0.05, 0) is 17.0 Å². The molecule has 0 spiro atoms. The van der Waals surface area contributed by atoms with Gasteiger partial charge < -0.3 is 0 Å². The van der Waals surface area contributed by atoms with E-state index < -0.39 is 0 Å². The van der Waals surface area contributed by atoms with Crippen LogP contribution in [0.5, 0.6) is 0 Å². The van der Waals surface area contributed by atoms with Crippen molar-refractivity contribution in [2.75, 3.05) is 0 Å². The monoisotopic (exact) mass is 200 g/mol. The quantitative estimate of drug-likeness (QED) is 0.655. The Morgan fingerprint density at radius 2 is 1.86 bits per heavy atom. The van der Waals surface area contributed by atoms with E-state index in [0.717, 1.165) is 0 Å². The summed E-state index contributed by atoms with van der Waals surface area (Å²) in [7, 11) is 0. The van der Waals surface area contributed by atoms with Crippen molar-refractivity contribution in [3.63, 3.8) is 0 Å². The van der Waals surface area contributed by atoms with Gasteiger partial charge in [-0.2, -0.15) is 0 Å². The molecule has 14 heavy (non-hydrogen) atoms. The lowest BCUT2D eigenvalue weighted by Crippen LogP contribution is -1.93. The van der Waals surface area contributed by atoms with E-state index in [-0.39, 0.29) is 0 Å². The van der Waals surface area contributed by atoms with Gasteiger partial charge in [0.15, 0.2) is 0 Å². The molecular formula is C13H12S. The third-order valence-corrected chi connectivity index (χ3v) is 3.20. The molecule has 0 radical (unpaired) electrons. The van der Waals surface area contributed by atoms with E-state index >= 15 is 0 Å². The Labute approximate surface area is 88.5 Å². The molecule has 0 amide bonds. The SMILES string of the molecule is C=CC(c1ccccc1)c1cccs1.